The van der Waals surface area contributed by atoms with Crippen molar-refractivity contribution in [1.82, 2.24) is 5.43 Å². The Balaban J connectivity index is 2.89. The summed E-state index contributed by atoms with van der Waals surface area (Å²) in [7, 11) is 0. The highest BCUT2D eigenvalue weighted by Gasteiger charge is 1.96. The minimum Gasteiger partial charge on any atom is -0.381 e. The average Bonchev–Trinajstić information content (AvgIpc) is 2.04. The number of hydrogen-bond acceptors (Lipinski definition) is 3. The summed E-state index contributed by atoms with van der Waals surface area (Å²) in [5.74, 6) is 5.21. The monoisotopic (exact) mass is 160 g/mol. The predicted octanol–water partition coefficient (Wildman–Crippen LogP) is 1.04. The number of nitrogens with one attached hydrogen (secondary N) is 1. The van der Waals surface area contributed by atoms with E-state index in [9.17, 15) is 0 Å². The summed E-state index contributed by atoms with van der Waals surface area (Å²) in [6, 6.07) is 0.358. The van der Waals surface area contributed by atoms with E-state index in [2.05, 4.69) is 12.3 Å². The number of unbranched alkanes of at least 4 members (excludes halogenated alkanes) is 1. The summed E-state index contributed by atoms with van der Waals surface area (Å²) in [6.45, 7) is 5.90. The fourth-order valence-electron chi connectivity index (χ4n) is 0.692. The second kappa shape index (κ2) is 7.98. The minimum atomic E-state index is 0.358. The van der Waals surface area contributed by atoms with Crippen LogP contribution in [-0.4, -0.2) is 19.3 Å². The van der Waals surface area contributed by atoms with Gasteiger partial charge in [0.2, 0.25) is 0 Å². The van der Waals surface area contributed by atoms with Gasteiger partial charge in [0, 0.05) is 19.3 Å². The van der Waals surface area contributed by atoms with Crippen LogP contribution < -0.4 is 11.3 Å². The van der Waals surface area contributed by atoms with Crippen LogP contribution in [0.2, 0.25) is 0 Å². The van der Waals surface area contributed by atoms with Gasteiger partial charge in [-0.25, -0.2) is 0 Å². The molecule has 0 aliphatic heterocycles. The van der Waals surface area contributed by atoms with Gasteiger partial charge in [0.05, 0.1) is 0 Å². The van der Waals surface area contributed by atoms with E-state index in [4.69, 9.17) is 10.6 Å². The van der Waals surface area contributed by atoms with E-state index in [1.165, 1.54) is 6.42 Å². The number of ether oxygens (including phenoxy) is 1. The molecule has 0 bridgehead atoms. The largest absolute Gasteiger partial charge is 0.381 e. The zero-order valence-corrected chi connectivity index (χ0v) is 7.60. The van der Waals surface area contributed by atoms with Crippen LogP contribution in [0.25, 0.3) is 0 Å². The first-order chi connectivity index (χ1) is 5.31. The smallest absolute Gasteiger partial charge is 0.0481 e. The molecule has 0 fully saturated rings. The van der Waals surface area contributed by atoms with Gasteiger partial charge in [-0.15, -0.1) is 0 Å². The van der Waals surface area contributed by atoms with Crippen molar-refractivity contribution < 1.29 is 4.74 Å². The fourth-order valence-corrected chi connectivity index (χ4v) is 0.692. The Labute approximate surface area is 69.3 Å². The Bertz CT molecular complexity index is 78.5. The topological polar surface area (TPSA) is 47.3 Å². The van der Waals surface area contributed by atoms with Gasteiger partial charge in [-0.2, -0.15) is 0 Å². The summed E-state index contributed by atoms with van der Waals surface area (Å²) in [5, 5.41) is 0. The molecule has 0 heterocycles. The Morgan fingerprint density at radius 1 is 1.45 bits per heavy atom. The van der Waals surface area contributed by atoms with Crippen molar-refractivity contribution in [1.29, 1.82) is 0 Å². The zero-order chi connectivity index (χ0) is 8.53. The van der Waals surface area contributed by atoms with Gasteiger partial charge in [0.25, 0.3) is 0 Å². The maximum absolute atomic E-state index is 5.35. The average molecular weight is 160 g/mol. The molecule has 0 aromatic carbocycles. The van der Waals surface area contributed by atoms with Gasteiger partial charge < -0.3 is 4.74 Å². The van der Waals surface area contributed by atoms with Gasteiger partial charge in [0.15, 0.2) is 0 Å². The van der Waals surface area contributed by atoms with Crippen LogP contribution in [-0.2, 0) is 4.74 Å². The standard InChI is InChI=1S/C8H20N2O/c1-3-4-6-11-7-5-8(2)10-9/h8,10H,3-7,9H2,1-2H3. The molecule has 11 heavy (non-hydrogen) atoms. The van der Waals surface area contributed by atoms with Crippen LogP contribution in [0.5, 0.6) is 0 Å². The molecule has 0 spiro atoms. The Morgan fingerprint density at radius 3 is 2.73 bits per heavy atom. The first kappa shape index (κ1) is 10.9. The summed E-state index contributed by atoms with van der Waals surface area (Å²) in [6.07, 6.45) is 3.34. The van der Waals surface area contributed by atoms with Gasteiger partial charge in [-0.1, -0.05) is 13.3 Å². The highest BCUT2D eigenvalue weighted by molar-refractivity contribution is 4.53. The molecule has 3 nitrogen and oxygen atoms in total. The van der Waals surface area contributed by atoms with Crippen molar-refractivity contribution in [3.63, 3.8) is 0 Å². The van der Waals surface area contributed by atoms with E-state index in [0.29, 0.717) is 6.04 Å². The van der Waals surface area contributed by atoms with Gasteiger partial charge in [0.1, 0.15) is 0 Å². The van der Waals surface area contributed by atoms with Crippen LogP contribution in [0.1, 0.15) is 33.1 Å². The third-order valence-corrected chi connectivity index (χ3v) is 1.62. The summed E-state index contributed by atoms with van der Waals surface area (Å²) >= 11 is 0. The second-order valence-electron chi connectivity index (χ2n) is 2.82. The van der Waals surface area contributed by atoms with Crippen molar-refractivity contribution in [3.8, 4) is 0 Å². The van der Waals surface area contributed by atoms with Crippen molar-refractivity contribution in [2.45, 2.75) is 39.2 Å². The highest BCUT2D eigenvalue weighted by Crippen LogP contribution is 1.92. The summed E-state index contributed by atoms with van der Waals surface area (Å²) in [4.78, 5) is 0. The first-order valence-electron chi connectivity index (χ1n) is 4.35. The zero-order valence-electron chi connectivity index (χ0n) is 7.60. The van der Waals surface area contributed by atoms with E-state index >= 15 is 0 Å². The highest BCUT2D eigenvalue weighted by atomic mass is 16.5. The van der Waals surface area contributed by atoms with Gasteiger partial charge in [-0.3, -0.25) is 11.3 Å². The van der Waals surface area contributed by atoms with Gasteiger partial charge in [-0.05, 0) is 19.8 Å². The lowest BCUT2D eigenvalue weighted by atomic mass is 10.3. The first-order valence-corrected chi connectivity index (χ1v) is 4.35. The van der Waals surface area contributed by atoms with Crippen LogP contribution in [0.4, 0.5) is 0 Å². The quantitative estimate of drug-likeness (QED) is 0.332. The SMILES string of the molecule is CCCCOCCC(C)NN. The van der Waals surface area contributed by atoms with E-state index in [-0.39, 0.29) is 0 Å². The Kier molecular flexibility index (Phi) is 7.89. The third kappa shape index (κ3) is 7.78. The number of rotatable bonds is 7. The van der Waals surface area contributed by atoms with Crippen molar-refractivity contribution in [2.75, 3.05) is 13.2 Å². The lowest BCUT2D eigenvalue weighted by molar-refractivity contribution is 0.123. The molecule has 0 aliphatic rings. The minimum absolute atomic E-state index is 0.358. The molecule has 0 rings (SSSR count). The van der Waals surface area contributed by atoms with Crippen LogP contribution in [0.3, 0.4) is 0 Å². The van der Waals surface area contributed by atoms with Crippen molar-refractivity contribution >= 4 is 0 Å². The molecule has 1 unspecified atom stereocenters. The van der Waals surface area contributed by atoms with Crippen molar-refractivity contribution in [3.05, 3.63) is 0 Å². The molecule has 1 atom stereocenters. The van der Waals surface area contributed by atoms with E-state index in [0.717, 1.165) is 26.1 Å². The molecule has 0 aliphatic carbocycles. The van der Waals surface area contributed by atoms with Crippen LogP contribution in [0, 0.1) is 0 Å². The molecule has 68 valence electrons. The Morgan fingerprint density at radius 2 is 2.18 bits per heavy atom. The molecule has 0 radical (unpaired) electrons. The molecule has 0 saturated heterocycles. The number of nitrogens with two attached hydrogens (primary N) is 1. The van der Waals surface area contributed by atoms with E-state index in [1.54, 1.807) is 0 Å². The molecule has 3 heteroatoms. The Hall–Kier alpha value is -0.120. The van der Waals surface area contributed by atoms with Crippen LogP contribution in [0.15, 0.2) is 0 Å². The van der Waals surface area contributed by atoms with Crippen molar-refractivity contribution in [2.24, 2.45) is 5.84 Å². The lowest BCUT2D eigenvalue weighted by Crippen LogP contribution is -2.33. The maximum Gasteiger partial charge on any atom is 0.0481 e. The molecule has 0 amide bonds. The summed E-state index contributed by atoms with van der Waals surface area (Å²) < 4.78 is 5.35. The van der Waals surface area contributed by atoms with E-state index in [1.807, 2.05) is 6.92 Å². The molecular formula is C8H20N2O. The molecule has 3 N–H and O–H groups in total. The lowest BCUT2D eigenvalue weighted by Gasteiger charge is -2.09. The normalized spacial score (nSPS) is 13.4. The summed E-state index contributed by atoms with van der Waals surface area (Å²) in [5.41, 5.74) is 2.68. The third-order valence-electron chi connectivity index (χ3n) is 1.62. The van der Waals surface area contributed by atoms with Crippen LogP contribution >= 0.6 is 0 Å². The molecule has 0 saturated carbocycles. The number of hydrazine groups is 1. The second-order valence-corrected chi connectivity index (χ2v) is 2.82. The van der Waals surface area contributed by atoms with Gasteiger partial charge >= 0.3 is 0 Å². The van der Waals surface area contributed by atoms with E-state index < -0.39 is 0 Å². The maximum atomic E-state index is 5.35. The number of hydrogen-bond donors (Lipinski definition) is 2. The molecule has 0 aromatic heterocycles. The fraction of sp³-hybridized carbons (Fsp3) is 1.00. The predicted molar refractivity (Wildman–Crippen MR) is 47.1 cm³/mol. The molecular weight excluding hydrogens is 140 g/mol. The molecule has 0 aromatic rings.